The first-order chi connectivity index (χ1) is 15.8. The smallest absolute Gasteiger partial charge is 0.0900 e. The Kier molecular flexibility index (Phi) is 7.23. The summed E-state index contributed by atoms with van der Waals surface area (Å²) in [4.78, 5) is 4.98. The quantitative estimate of drug-likeness (QED) is 0.641. The zero-order chi connectivity index (χ0) is 21.8. The van der Waals surface area contributed by atoms with E-state index in [1.54, 1.807) is 0 Å². The molecule has 5 rings (SSSR count). The topological polar surface area (TPSA) is 35.9 Å². The van der Waals surface area contributed by atoms with Crippen LogP contribution in [0.3, 0.4) is 0 Å². The molecule has 1 aliphatic heterocycles. The molecule has 2 aliphatic carbocycles. The lowest BCUT2D eigenvalue weighted by molar-refractivity contribution is -0.0101. The highest BCUT2D eigenvalue weighted by Gasteiger charge is 2.39. The highest BCUT2D eigenvalue weighted by atomic mass is 16.5. The van der Waals surface area contributed by atoms with E-state index in [0.717, 1.165) is 50.5 Å². The van der Waals surface area contributed by atoms with Gasteiger partial charge < -0.3 is 9.84 Å². The SMILES string of the molecule is O[C@@H](COC[C@H]1C[C@H]2CC[C@H]1C2)CN1CCN(C(c2ccccc2)c2ccccc2)CC1. The van der Waals surface area contributed by atoms with Crippen LogP contribution in [0.2, 0.25) is 0 Å². The summed E-state index contributed by atoms with van der Waals surface area (Å²) in [7, 11) is 0. The summed E-state index contributed by atoms with van der Waals surface area (Å²) in [6.07, 6.45) is 5.23. The van der Waals surface area contributed by atoms with Crippen LogP contribution in [-0.2, 0) is 4.74 Å². The van der Waals surface area contributed by atoms with Crippen molar-refractivity contribution in [3.63, 3.8) is 0 Å². The molecule has 172 valence electrons. The number of fused-ring (bicyclic) bond motifs is 2. The fourth-order valence-electron chi connectivity index (χ4n) is 6.38. The van der Waals surface area contributed by atoms with E-state index < -0.39 is 0 Å². The molecule has 0 aromatic heterocycles. The maximum Gasteiger partial charge on any atom is 0.0900 e. The van der Waals surface area contributed by atoms with Crippen LogP contribution in [0.1, 0.15) is 42.9 Å². The van der Waals surface area contributed by atoms with Gasteiger partial charge in [0, 0.05) is 39.3 Å². The van der Waals surface area contributed by atoms with Gasteiger partial charge in [0.2, 0.25) is 0 Å². The Labute approximate surface area is 193 Å². The van der Waals surface area contributed by atoms with Crippen molar-refractivity contribution in [1.82, 2.24) is 9.80 Å². The van der Waals surface area contributed by atoms with Gasteiger partial charge in [-0.1, -0.05) is 67.1 Å². The zero-order valence-electron chi connectivity index (χ0n) is 19.2. The lowest BCUT2D eigenvalue weighted by atomic mass is 9.90. The lowest BCUT2D eigenvalue weighted by Crippen LogP contribution is -2.50. The highest BCUT2D eigenvalue weighted by molar-refractivity contribution is 5.31. The molecule has 1 saturated heterocycles. The van der Waals surface area contributed by atoms with Gasteiger partial charge in [-0.2, -0.15) is 0 Å². The minimum atomic E-state index is -0.390. The van der Waals surface area contributed by atoms with Crippen LogP contribution in [0.4, 0.5) is 0 Å². The minimum Gasteiger partial charge on any atom is -0.389 e. The van der Waals surface area contributed by atoms with Gasteiger partial charge in [-0.05, 0) is 48.1 Å². The zero-order valence-corrected chi connectivity index (χ0v) is 19.2. The van der Waals surface area contributed by atoms with Gasteiger partial charge in [0.25, 0.3) is 0 Å². The predicted octanol–water partition coefficient (Wildman–Crippen LogP) is 4.21. The van der Waals surface area contributed by atoms with Crippen molar-refractivity contribution < 1.29 is 9.84 Å². The molecule has 2 bridgehead atoms. The second kappa shape index (κ2) is 10.5. The summed E-state index contributed by atoms with van der Waals surface area (Å²) in [6.45, 7) is 6.03. The van der Waals surface area contributed by atoms with Crippen molar-refractivity contribution in [3.05, 3.63) is 71.8 Å². The van der Waals surface area contributed by atoms with E-state index in [0.29, 0.717) is 13.2 Å². The molecule has 4 heteroatoms. The van der Waals surface area contributed by atoms with Crippen molar-refractivity contribution in [2.24, 2.45) is 17.8 Å². The number of β-amino-alcohol motifs (C(OH)–C–C–N with tert-alkyl or cyclic N) is 1. The van der Waals surface area contributed by atoms with Gasteiger partial charge in [-0.15, -0.1) is 0 Å². The first-order valence-electron chi connectivity index (χ1n) is 12.6. The Hall–Kier alpha value is -1.72. The molecular weight excluding hydrogens is 396 g/mol. The number of hydrogen-bond donors (Lipinski definition) is 1. The maximum absolute atomic E-state index is 10.6. The van der Waals surface area contributed by atoms with Crippen molar-refractivity contribution in [3.8, 4) is 0 Å². The third-order valence-electron chi connectivity index (χ3n) is 8.00. The summed E-state index contributed by atoms with van der Waals surface area (Å²) in [5, 5.41) is 10.6. The summed E-state index contributed by atoms with van der Waals surface area (Å²) >= 11 is 0. The van der Waals surface area contributed by atoms with Crippen molar-refractivity contribution >= 4 is 0 Å². The Bertz CT molecular complexity index is 782. The standard InChI is InChI=1S/C28H38N2O2/c31-27(21-32-20-26-18-22-11-12-25(26)17-22)19-29-13-15-30(16-14-29)28(23-7-3-1-4-8-23)24-9-5-2-6-10-24/h1-10,22,25-28,31H,11-21H2/t22-,25-,26+,27+/m0/s1. The first-order valence-corrected chi connectivity index (χ1v) is 12.6. The second-order valence-electron chi connectivity index (χ2n) is 10.2. The minimum absolute atomic E-state index is 0.287. The first kappa shape index (κ1) is 22.1. The van der Waals surface area contributed by atoms with Crippen molar-refractivity contribution in [2.75, 3.05) is 45.9 Å². The molecule has 32 heavy (non-hydrogen) atoms. The van der Waals surface area contributed by atoms with Crippen molar-refractivity contribution in [2.45, 2.75) is 37.8 Å². The van der Waals surface area contributed by atoms with E-state index >= 15 is 0 Å². The van der Waals surface area contributed by atoms with Crippen LogP contribution in [-0.4, -0.2) is 66.9 Å². The Morgan fingerprint density at radius 2 is 1.50 bits per heavy atom. The molecule has 4 atom stereocenters. The van der Waals surface area contributed by atoms with E-state index in [2.05, 4.69) is 70.5 Å². The molecule has 1 heterocycles. The molecular formula is C28H38N2O2. The predicted molar refractivity (Wildman–Crippen MR) is 129 cm³/mol. The average Bonchev–Trinajstić information content (AvgIpc) is 3.45. The summed E-state index contributed by atoms with van der Waals surface area (Å²) < 4.78 is 5.96. The van der Waals surface area contributed by atoms with Crippen LogP contribution >= 0.6 is 0 Å². The fourth-order valence-corrected chi connectivity index (χ4v) is 6.38. The normalized spacial score (nSPS) is 27.2. The number of rotatable bonds is 9. The van der Waals surface area contributed by atoms with Crippen molar-refractivity contribution in [1.29, 1.82) is 0 Å². The fraction of sp³-hybridized carbons (Fsp3) is 0.571. The summed E-state index contributed by atoms with van der Waals surface area (Å²) in [5.41, 5.74) is 2.70. The maximum atomic E-state index is 10.6. The van der Waals surface area contributed by atoms with Gasteiger partial charge in [0.1, 0.15) is 0 Å². The van der Waals surface area contributed by atoms with E-state index in [1.165, 1.54) is 36.8 Å². The molecule has 1 N–H and O–H groups in total. The number of aliphatic hydroxyl groups excluding tert-OH is 1. The molecule has 4 nitrogen and oxygen atoms in total. The molecule has 2 aromatic rings. The van der Waals surface area contributed by atoms with Crippen LogP contribution in [0.5, 0.6) is 0 Å². The summed E-state index contributed by atoms with van der Waals surface area (Å²) in [5.74, 6) is 2.61. The molecule has 3 aliphatic rings. The molecule has 2 saturated carbocycles. The highest BCUT2D eigenvalue weighted by Crippen LogP contribution is 2.48. The van der Waals surface area contributed by atoms with Crippen LogP contribution in [0.25, 0.3) is 0 Å². The van der Waals surface area contributed by atoms with Gasteiger partial charge in [-0.3, -0.25) is 9.80 Å². The third-order valence-corrected chi connectivity index (χ3v) is 8.00. The summed E-state index contributed by atoms with van der Waals surface area (Å²) in [6, 6.07) is 21.9. The van der Waals surface area contributed by atoms with Gasteiger partial charge in [0.05, 0.1) is 18.8 Å². The molecule has 0 radical (unpaired) electrons. The number of hydrogen-bond acceptors (Lipinski definition) is 4. The van der Waals surface area contributed by atoms with Gasteiger partial charge in [0.15, 0.2) is 0 Å². The molecule has 3 fully saturated rings. The van der Waals surface area contributed by atoms with Crippen LogP contribution < -0.4 is 0 Å². The molecule has 0 unspecified atom stereocenters. The average molecular weight is 435 g/mol. The van der Waals surface area contributed by atoms with Gasteiger partial charge >= 0.3 is 0 Å². The van der Waals surface area contributed by atoms with E-state index in [-0.39, 0.29) is 12.1 Å². The number of ether oxygens (including phenoxy) is 1. The van der Waals surface area contributed by atoms with E-state index in [1.807, 2.05) is 0 Å². The monoisotopic (exact) mass is 434 g/mol. The molecule has 2 aromatic carbocycles. The van der Waals surface area contributed by atoms with E-state index in [4.69, 9.17) is 4.74 Å². The third kappa shape index (κ3) is 5.26. The molecule has 0 spiro atoms. The number of nitrogens with zero attached hydrogens (tertiary/aromatic N) is 2. The number of piperazine rings is 1. The Morgan fingerprint density at radius 3 is 2.06 bits per heavy atom. The number of benzene rings is 2. The lowest BCUT2D eigenvalue weighted by Gasteiger charge is -2.40. The largest absolute Gasteiger partial charge is 0.389 e. The van der Waals surface area contributed by atoms with E-state index in [9.17, 15) is 5.11 Å². The molecule has 0 amide bonds. The van der Waals surface area contributed by atoms with Gasteiger partial charge in [-0.25, -0.2) is 0 Å². The Morgan fingerprint density at radius 1 is 0.844 bits per heavy atom. The Balaban J connectivity index is 1.10. The second-order valence-corrected chi connectivity index (χ2v) is 10.2. The number of aliphatic hydroxyl groups is 1. The van der Waals surface area contributed by atoms with Crippen LogP contribution in [0.15, 0.2) is 60.7 Å². The van der Waals surface area contributed by atoms with Crippen LogP contribution in [0, 0.1) is 17.8 Å².